The normalized spacial score (nSPS) is 9.78. The molecule has 2 nitrogen and oxygen atoms in total. The molecular formula is C6H11FO2. The molecule has 0 radical (unpaired) electrons. The highest BCUT2D eigenvalue weighted by atomic mass is 19.3. The Morgan fingerprint density at radius 1 is 1.56 bits per heavy atom. The smallest absolute Gasteiger partial charge is 0.255 e. The van der Waals surface area contributed by atoms with E-state index in [2.05, 4.69) is 4.94 Å². The average Bonchev–Trinajstić information content (AvgIpc) is 1.90. The van der Waals surface area contributed by atoms with Gasteiger partial charge < -0.3 is 0 Å². The van der Waals surface area contributed by atoms with Crippen molar-refractivity contribution in [1.29, 1.82) is 0 Å². The average molecular weight is 134 g/mol. The van der Waals surface area contributed by atoms with Crippen molar-refractivity contribution >= 4 is 5.97 Å². The van der Waals surface area contributed by atoms with E-state index in [-0.39, 0.29) is 5.92 Å². The van der Waals surface area contributed by atoms with Crippen LogP contribution in [0, 0.1) is 5.92 Å². The molecule has 0 rings (SSSR count). The summed E-state index contributed by atoms with van der Waals surface area (Å²) >= 11 is 0. The van der Waals surface area contributed by atoms with Crippen LogP contribution < -0.4 is 0 Å². The number of rotatable bonds is 3. The fraction of sp³-hybridized carbons (Fsp3) is 0.833. The summed E-state index contributed by atoms with van der Waals surface area (Å²) in [6.07, 6.45) is 1.28. The Morgan fingerprint density at radius 3 is 2.11 bits per heavy atom. The van der Waals surface area contributed by atoms with Gasteiger partial charge >= 0.3 is 5.97 Å². The molecule has 0 spiro atoms. The van der Waals surface area contributed by atoms with E-state index in [0.29, 0.717) is 12.8 Å². The molecule has 0 aromatic carbocycles. The van der Waals surface area contributed by atoms with Gasteiger partial charge in [0.1, 0.15) is 0 Å². The van der Waals surface area contributed by atoms with Crippen molar-refractivity contribution in [2.75, 3.05) is 0 Å². The van der Waals surface area contributed by atoms with Gasteiger partial charge in [-0.15, -0.1) is 0 Å². The molecule has 54 valence electrons. The molecule has 0 aromatic heterocycles. The van der Waals surface area contributed by atoms with Crippen molar-refractivity contribution in [3.05, 3.63) is 0 Å². The summed E-state index contributed by atoms with van der Waals surface area (Å²) in [5.74, 6) is -1.02. The summed E-state index contributed by atoms with van der Waals surface area (Å²) in [4.78, 5) is 13.4. The highest BCUT2D eigenvalue weighted by Crippen LogP contribution is 2.08. The van der Waals surface area contributed by atoms with E-state index in [0.717, 1.165) is 0 Å². The number of carbonyl (C=O) groups excluding carboxylic acids is 1. The van der Waals surface area contributed by atoms with E-state index in [4.69, 9.17) is 0 Å². The second-order valence-electron chi connectivity index (χ2n) is 1.91. The molecule has 9 heavy (non-hydrogen) atoms. The Hall–Kier alpha value is -0.600. The van der Waals surface area contributed by atoms with Crippen LogP contribution in [0.1, 0.15) is 26.7 Å². The van der Waals surface area contributed by atoms with E-state index >= 15 is 0 Å². The molecule has 3 heteroatoms. The second kappa shape index (κ2) is 4.30. The van der Waals surface area contributed by atoms with Gasteiger partial charge in [0, 0.05) is 4.53 Å². The Balaban J connectivity index is 3.64. The Labute approximate surface area is 53.9 Å². The molecule has 0 aliphatic rings. The minimum absolute atomic E-state index is 0.269. The first-order chi connectivity index (χ1) is 4.26. The first-order valence-corrected chi connectivity index (χ1v) is 3.08. The van der Waals surface area contributed by atoms with Gasteiger partial charge in [-0.05, 0) is 12.8 Å². The Morgan fingerprint density at radius 2 is 2.00 bits per heavy atom. The van der Waals surface area contributed by atoms with Crippen LogP contribution in [-0.2, 0) is 9.74 Å². The van der Waals surface area contributed by atoms with Crippen molar-refractivity contribution in [2.45, 2.75) is 26.7 Å². The third kappa shape index (κ3) is 2.44. The number of carbonyl (C=O) groups is 1. The van der Waals surface area contributed by atoms with E-state index in [1.807, 2.05) is 13.8 Å². The Bertz CT molecular complexity index is 89.1. The predicted molar refractivity (Wildman–Crippen MR) is 31.3 cm³/mol. The van der Waals surface area contributed by atoms with Crippen LogP contribution in [0.4, 0.5) is 4.53 Å². The third-order valence-electron chi connectivity index (χ3n) is 1.39. The first-order valence-electron chi connectivity index (χ1n) is 3.08. The fourth-order valence-electron chi connectivity index (χ4n) is 0.685. The maximum absolute atomic E-state index is 11.2. The van der Waals surface area contributed by atoms with Crippen molar-refractivity contribution in [2.24, 2.45) is 5.92 Å². The predicted octanol–water partition coefficient (Wildman–Crippen LogP) is 1.85. The summed E-state index contributed by atoms with van der Waals surface area (Å²) in [6.45, 7) is 3.65. The minimum atomic E-state index is -0.750. The van der Waals surface area contributed by atoms with Gasteiger partial charge in [-0.2, -0.15) is 0 Å². The zero-order valence-corrected chi connectivity index (χ0v) is 5.69. The molecule has 0 saturated carbocycles. The van der Waals surface area contributed by atoms with Crippen LogP contribution in [0.25, 0.3) is 0 Å². The highest BCUT2D eigenvalue weighted by Gasteiger charge is 2.15. The van der Waals surface area contributed by atoms with Crippen LogP contribution in [0.5, 0.6) is 0 Å². The third-order valence-corrected chi connectivity index (χ3v) is 1.39. The molecule has 0 unspecified atom stereocenters. The molecule has 0 bridgehead atoms. The maximum Gasteiger partial charge on any atom is 0.351 e. The molecule has 0 saturated heterocycles. The molecule has 0 aliphatic carbocycles. The lowest BCUT2D eigenvalue weighted by atomic mass is 10.0. The van der Waals surface area contributed by atoms with Crippen LogP contribution in [-0.4, -0.2) is 5.97 Å². The molecule has 0 amide bonds. The molecular weight excluding hydrogens is 123 g/mol. The second-order valence-corrected chi connectivity index (χ2v) is 1.91. The lowest BCUT2D eigenvalue weighted by Crippen LogP contribution is -2.12. The van der Waals surface area contributed by atoms with E-state index in [1.165, 1.54) is 0 Å². The number of halogens is 1. The van der Waals surface area contributed by atoms with Gasteiger partial charge in [0.2, 0.25) is 0 Å². The fourth-order valence-corrected chi connectivity index (χ4v) is 0.685. The van der Waals surface area contributed by atoms with Crippen molar-refractivity contribution < 1.29 is 14.3 Å². The maximum atomic E-state index is 11.2. The number of hydrogen-bond acceptors (Lipinski definition) is 2. The monoisotopic (exact) mass is 134 g/mol. The summed E-state index contributed by atoms with van der Waals surface area (Å²) in [6, 6.07) is 0. The zero-order valence-electron chi connectivity index (χ0n) is 5.69. The van der Waals surface area contributed by atoms with Gasteiger partial charge in [-0.25, -0.2) is 4.79 Å². The lowest BCUT2D eigenvalue weighted by molar-refractivity contribution is -0.189. The van der Waals surface area contributed by atoms with Crippen molar-refractivity contribution in [3.63, 3.8) is 0 Å². The first kappa shape index (κ1) is 8.40. The van der Waals surface area contributed by atoms with Crippen molar-refractivity contribution in [1.82, 2.24) is 0 Å². The number of hydrogen-bond donors (Lipinski definition) is 0. The van der Waals surface area contributed by atoms with Crippen LogP contribution >= 0.6 is 0 Å². The van der Waals surface area contributed by atoms with E-state index in [9.17, 15) is 9.32 Å². The van der Waals surface area contributed by atoms with Gasteiger partial charge in [-0.3, -0.25) is 4.94 Å². The lowest BCUT2D eigenvalue weighted by Gasteiger charge is -2.03. The Kier molecular flexibility index (Phi) is 4.01. The van der Waals surface area contributed by atoms with E-state index < -0.39 is 5.97 Å². The van der Waals surface area contributed by atoms with Crippen LogP contribution in [0.2, 0.25) is 0 Å². The van der Waals surface area contributed by atoms with Crippen LogP contribution in [0.3, 0.4) is 0 Å². The van der Waals surface area contributed by atoms with E-state index in [1.54, 1.807) is 0 Å². The SMILES string of the molecule is CCC(CC)C(=O)OF. The van der Waals surface area contributed by atoms with Crippen LogP contribution in [0.15, 0.2) is 0 Å². The van der Waals surface area contributed by atoms with Gasteiger partial charge in [-0.1, -0.05) is 13.8 Å². The summed E-state index contributed by atoms with van der Waals surface area (Å²) in [7, 11) is 0. The molecule has 0 fully saturated rings. The van der Waals surface area contributed by atoms with Gasteiger partial charge in [0.15, 0.2) is 0 Å². The molecule has 0 heterocycles. The van der Waals surface area contributed by atoms with Gasteiger partial charge in [0.25, 0.3) is 0 Å². The molecule has 0 aromatic rings. The molecule has 0 N–H and O–H groups in total. The minimum Gasteiger partial charge on any atom is -0.255 e. The summed E-state index contributed by atoms with van der Waals surface area (Å²) in [5, 5.41) is 0. The molecule has 0 aliphatic heterocycles. The highest BCUT2D eigenvalue weighted by molar-refractivity contribution is 5.71. The zero-order chi connectivity index (χ0) is 7.28. The van der Waals surface area contributed by atoms with Gasteiger partial charge in [0.05, 0.1) is 5.92 Å². The summed E-state index contributed by atoms with van der Waals surface area (Å²) < 4.78 is 11.2. The molecule has 0 atom stereocenters. The topological polar surface area (TPSA) is 26.3 Å². The largest absolute Gasteiger partial charge is 0.351 e. The van der Waals surface area contributed by atoms with Crippen molar-refractivity contribution in [3.8, 4) is 0 Å². The summed E-state index contributed by atoms with van der Waals surface area (Å²) in [5.41, 5.74) is 0. The standard InChI is InChI=1S/C6H11FO2/c1-3-5(4-2)6(8)9-7/h5H,3-4H2,1-2H3. The quantitative estimate of drug-likeness (QED) is 0.588.